The molecule has 0 saturated carbocycles. The minimum absolute atomic E-state index is 0.00949. The van der Waals surface area contributed by atoms with Crippen LogP contribution in [-0.2, 0) is 9.53 Å². The quantitative estimate of drug-likeness (QED) is 0.839. The molecule has 7 nitrogen and oxygen atoms in total. The van der Waals surface area contributed by atoms with Crippen LogP contribution in [0.5, 0.6) is 5.75 Å². The van der Waals surface area contributed by atoms with Gasteiger partial charge in [0, 0.05) is 32.1 Å². The van der Waals surface area contributed by atoms with E-state index in [0.29, 0.717) is 38.5 Å². The number of carbonyl (C=O) groups is 2. The van der Waals surface area contributed by atoms with E-state index in [2.05, 4.69) is 5.32 Å². The van der Waals surface area contributed by atoms with Crippen molar-refractivity contribution >= 4 is 23.5 Å². The molecule has 1 N–H and O–H groups in total. The van der Waals surface area contributed by atoms with Crippen molar-refractivity contribution < 1.29 is 23.5 Å². The van der Waals surface area contributed by atoms with E-state index < -0.39 is 5.82 Å². The summed E-state index contributed by atoms with van der Waals surface area (Å²) in [5.41, 5.74) is 0. The highest BCUT2D eigenvalue weighted by Gasteiger charge is 2.40. The summed E-state index contributed by atoms with van der Waals surface area (Å²) in [6.07, 6.45) is 0.713. The predicted molar refractivity (Wildman–Crippen MR) is 95.2 cm³/mol. The molecule has 146 valence electrons. The van der Waals surface area contributed by atoms with E-state index in [9.17, 15) is 14.0 Å². The van der Waals surface area contributed by atoms with Gasteiger partial charge < -0.3 is 24.6 Å². The maximum Gasteiger partial charge on any atom is 0.320 e. The van der Waals surface area contributed by atoms with E-state index in [0.717, 1.165) is 6.42 Å². The van der Waals surface area contributed by atoms with Crippen molar-refractivity contribution in [3.63, 3.8) is 0 Å². The first-order chi connectivity index (χ1) is 13.0. The summed E-state index contributed by atoms with van der Waals surface area (Å²) in [5, 5.41) is 3.14. The Morgan fingerprint density at radius 1 is 1.33 bits per heavy atom. The van der Waals surface area contributed by atoms with Crippen molar-refractivity contribution in [2.24, 2.45) is 5.92 Å². The highest BCUT2D eigenvalue weighted by atomic mass is 35.5. The molecule has 0 radical (unpaired) electrons. The highest BCUT2D eigenvalue weighted by Crippen LogP contribution is 2.27. The maximum atomic E-state index is 13.0. The lowest BCUT2D eigenvalue weighted by Crippen LogP contribution is -2.64. The number of carbonyl (C=O) groups excluding carboxylic acids is 2. The van der Waals surface area contributed by atoms with Gasteiger partial charge in [-0.25, -0.2) is 9.18 Å². The van der Waals surface area contributed by atoms with Crippen molar-refractivity contribution in [1.29, 1.82) is 0 Å². The molecule has 0 aliphatic carbocycles. The van der Waals surface area contributed by atoms with E-state index in [1.54, 1.807) is 9.80 Å². The van der Waals surface area contributed by atoms with Crippen LogP contribution in [0.4, 0.5) is 9.18 Å². The molecule has 3 heterocycles. The summed E-state index contributed by atoms with van der Waals surface area (Å²) in [6, 6.07) is 3.86. The number of amides is 3. The van der Waals surface area contributed by atoms with Crippen LogP contribution in [-0.4, -0.2) is 73.3 Å². The Kier molecular flexibility index (Phi) is 5.10. The van der Waals surface area contributed by atoms with Gasteiger partial charge in [0.1, 0.15) is 18.2 Å². The summed E-state index contributed by atoms with van der Waals surface area (Å²) in [5.74, 6) is 0.116. The van der Waals surface area contributed by atoms with Crippen molar-refractivity contribution in [2.45, 2.75) is 18.6 Å². The molecule has 3 aliphatic heterocycles. The van der Waals surface area contributed by atoms with E-state index in [1.807, 2.05) is 0 Å². The van der Waals surface area contributed by atoms with E-state index in [4.69, 9.17) is 21.1 Å². The Labute approximate surface area is 161 Å². The van der Waals surface area contributed by atoms with Gasteiger partial charge in [0.25, 0.3) is 0 Å². The second-order valence-electron chi connectivity index (χ2n) is 7.20. The zero-order chi connectivity index (χ0) is 19.0. The number of likely N-dealkylation sites (tertiary alicyclic amines) is 2. The number of rotatable bonds is 3. The Morgan fingerprint density at radius 2 is 2.15 bits per heavy atom. The zero-order valence-electron chi connectivity index (χ0n) is 14.7. The predicted octanol–water partition coefficient (Wildman–Crippen LogP) is 1.50. The molecule has 0 aromatic heterocycles. The number of nitrogens with zero attached hydrogens (tertiary/aromatic N) is 2. The van der Waals surface area contributed by atoms with Gasteiger partial charge in [-0.2, -0.15) is 0 Å². The molecule has 1 aromatic rings. The third-order valence-corrected chi connectivity index (χ3v) is 5.49. The van der Waals surface area contributed by atoms with Crippen LogP contribution in [0, 0.1) is 11.7 Å². The molecule has 3 fully saturated rings. The number of nitrogens with one attached hydrogen (secondary N) is 1. The number of hydrogen-bond donors (Lipinski definition) is 1. The summed E-state index contributed by atoms with van der Waals surface area (Å²) < 4.78 is 24.2. The first-order valence-corrected chi connectivity index (χ1v) is 9.40. The number of halogens is 2. The smallest absolute Gasteiger partial charge is 0.320 e. The Bertz CT molecular complexity index is 743. The van der Waals surface area contributed by atoms with Gasteiger partial charge in [0.05, 0.1) is 23.8 Å². The molecule has 9 heteroatoms. The van der Waals surface area contributed by atoms with Gasteiger partial charge in [0.2, 0.25) is 5.91 Å². The Balaban J connectivity index is 1.23. The average molecular weight is 398 g/mol. The first-order valence-electron chi connectivity index (χ1n) is 9.02. The number of urea groups is 1. The molecule has 0 spiro atoms. The molecule has 0 unspecified atom stereocenters. The van der Waals surface area contributed by atoms with Gasteiger partial charge in [0.15, 0.2) is 0 Å². The van der Waals surface area contributed by atoms with Crippen molar-refractivity contribution in [3.05, 3.63) is 29.0 Å². The minimum atomic E-state index is -0.406. The topological polar surface area (TPSA) is 71.1 Å². The van der Waals surface area contributed by atoms with Crippen LogP contribution >= 0.6 is 11.6 Å². The van der Waals surface area contributed by atoms with E-state index in [-0.39, 0.29) is 41.6 Å². The van der Waals surface area contributed by atoms with Gasteiger partial charge in [-0.1, -0.05) is 11.6 Å². The van der Waals surface area contributed by atoms with Crippen LogP contribution in [0.25, 0.3) is 0 Å². The average Bonchev–Trinajstić information content (AvgIpc) is 2.61. The number of fused-ring (bicyclic) bond motifs is 1. The summed E-state index contributed by atoms with van der Waals surface area (Å²) in [4.78, 5) is 27.7. The first kappa shape index (κ1) is 18.3. The van der Waals surface area contributed by atoms with Crippen LogP contribution < -0.4 is 10.1 Å². The summed E-state index contributed by atoms with van der Waals surface area (Å²) in [6.45, 7) is 2.82. The van der Waals surface area contributed by atoms with Gasteiger partial charge >= 0.3 is 6.03 Å². The van der Waals surface area contributed by atoms with Gasteiger partial charge in [-0.05, 0) is 24.6 Å². The number of piperidine rings is 1. The molecule has 3 saturated heterocycles. The van der Waals surface area contributed by atoms with Crippen LogP contribution in [0.1, 0.15) is 6.42 Å². The SMILES string of the molecule is O=C1CO[C@H]2CCN(C(=O)N3CC(COc4ccc(F)cc4Cl)C3)C[C@H]2N1. The second-order valence-corrected chi connectivity index (χ2v) is 7.60. The minimum Gasteiger partial charge on any atom is -0.492 e. The van der Waals surface area contributed by atoms with Crippen molar-refractivity contribution in [1.82, 2.24) is 15.1 Å². The number of benzene rings is 1. The van der Waals surface area contributed by atoms with Crippen molar-refractivity contribution in [2.75, 3.05) is 39.4 Å². The fraction of sp³-hybridized carbons (Fsp3) is 0.556. The fourth-order valence-corrected chi connectivity index (χ4v) is 3.93. The lowest BCUT2D eigenvalue weighted by molar-refractivity contribution is -0.139. The number of ether oxygens (including phenoxy) is 2. The molecule has 1 aromatic carbocycles. The van der Waals surface area contributed by atoms with Gasteiger partial charge in [-0.3, -0.25) is 4.79 Å². The third-order valence-electron chi connectivity index (χ3n) is 5.19. The maximum absolute atomic E-state index is 13.0. The molecule has 27 heavy (non-hydrogen) atoms. The normalized spacial score (nSPS) is 25.5. The molecular formula is C18H21ClFN3O4. The largest absolute Gasteiger partial charge is 0.492 e. The summed E-state index contributed by atoms with van der Waals surface area (Å²) >= 11 is 5.94. The zero-order valence-corrected chi connectivity index (χ0v) is 15.5. The molecule has 3 aliphatic rings. The summed E-state index contributed by atoms with van der Waals surface area (Å²) in [7, 11) is 0. The molecule has 3 amide bonds. The highest BCUT2D eigenvalue weighted by molar-refractivity contribution is 6.32. The fourth-order valence-electron chi connectivity index (χ4n) is 3.70. The van der Waals surface area contributed by atoms with Crippen LogP contribution in [0.2, 0.25) is 5.02 Å². The molecule has 0 bridgehead atoms. The lowest BCUT2D eigenvalue weighted by Gasteiger charge is -2.46. The van der Waals surface area contributed by atoms with Crippen molar-refractivity contribution in [3.8, 4) is 5.75 Å². The second kappa shape index (κ2) is 7.52. The van der Waals surface area contributed by atoms with E-state index in [1.165, 1.54) is 18.2 Å². The number of hydrogen-bond acceptors (Lipinski definition) is 4. The Hall–Kier alpha value is -2.06. The monoisotopic (exact) mass is 397 g/mol. The van der Waals surface area contributed by atoms with Crippen LogP contribution in [0.3, 0.4) is 0 Å². The molecule has 2 atom stereocenters. The molecule has 4 rings (SSSR count). The third kappa shape index (κ3) is 3.96. The van der Waals surface area contributed by atoms with Crippen LogP contribution in [0.15, 0.2) is 18.2 Å². The van der Waals surface area contributed by atoms with Gasteiger partial charge in [-0.15, -0.1) is 0 Å². The number of morpholine rings is 1. The van der Waals surface area contributed by atoms with E-state index >= 15 is 0 Å². The Morgan fingerprint density at radius 3 is 2.93 bits per heavy atom. The molecular weight excluding hydrogens is 377 g/mol. The lowest BCUT2D eigenvalue weighted by atomic mass is 9.99. The standard InChI is InChI=1S/C18H21ClFN3O4/c19-13-5-12(20)1-2-15(13)26-9-11-6-23(7-11)18(25)22-4-3-16-14(8-22)21-17(24)10-27-16/h1-2,5,11,14,16H,3-4,6-10H2,(H,21,24)/t14-,16+/m1/s1.